The summed E-state index contributed by atoms with van der Waals surface area (Å²) in [5.74, 6) is 2.37. The van der Waals surface area contributed by atoms with E-state index in [-0.39, 0.29) is 0 Å². The predicted octanol–water partition coefficient (Wildman–Crippen LogP) is 14.3. The number of aromatic nitrogens is 5. The smallest absolute Gasteiger partial charge is 0.167 e. The van der Waals surface area contributed by atoms with Gasteiger partial charge in [0.2, 0.25) is 0 Å². The van der Waals surface area contributed by atoms with Crippen LogP contribution in [0, 0.1) is 0 Å². The molecule has 8 aromatic carbocycles. The number of hydrogen-bond donors (Lipinski definition) is 0. The van der Waals surface area contributed by atoms with Gasteiger partial charge in [0.05, 0.1) is 22.0 Å². The second-order valence-corrected chi connectivity index (χ2v) is 15.4. The lowest BCUT2D eigenvalue weighted by Crippen LogP contribution is -2.06. The largest absolute Gasteiger partial charge is 0.456 e. The minimum atomic E-state index is 0.515. The van der Waals surface area contributed by atoms with Gasteiger partial charge in [0, 0.05) is 39.0 Å². The van der Waals surface area contributed by atoms with E-state index in [1.165, 1.54) is 0 Å². The van der Waals surface area contributed by atoms with E-state index in [0.717, 1.165) is 93.8 Å². The summed E-state index contributed by atoms with van der Waals surface area (Å²) in [6.07, 6.45) is 1.98. The van der Waals surface area contributed by atoms with E-state index in [9.17, 15) is 0 Å². The van der Waals surface area contributed by atoms with Gasteiger partial charge in [-0.15, -0.1) is 0 Å². The number of rotatable bonds is 7. The molecule has 12 rings (SSSR count). The van der Waals surface area contributed by atoms with Gasteiger partial charge in [0.1, 0.15) is 17.0 Å². The van der Waals surface area contributed by atoms with Crippen molar-refractivity contribution in [2.24, 2.45) is 0 Å². The highest BCUT2D eigenvalue weighted by Gasteiger charge is 2.24. The van der Waals surface area contributed by atoms with E-state index < -0.39 is 0 Å². The molecule has 0 atom stereocenters. The van der Waals surface area contributed by atoms with Gasteiger partial charge in [0.25, 0.3) is 0 Å². The topological polar surface area (TPSA) is 69.6 Å². The Kier molecular flexibility index (Phi) is 8.38. The first-order valence-corrected chi connectivity index (χ1v) is 20.7. The number of pyridine rings is 1. The highest BCUT2D eigenvalue weighted by atomic mass is 16.3. The van der Waals surface area contributed by atoms with Crippen LogP contribution in [0.2, 0.25) is 0 Å². The molecule has 0 aliphatic heterocycles. The number of fused-ring (bicyclic) bond motifs is 7. The van der Waals surface area contributed by atoms with E-state index in [1.807, 2.05) is 79.0 Å². The van der Waals surface area contributed by atoms with Crippen LogP contribution >= 0.6 is 0 Å². The Labute approximate surface area is 357 Å². The number of benzene rings is 8. The van der Waals surface area contributed by atoms with E-state index in [2.05, 4.69) is 138 Å². The van der Waals surface area contributed by atoms with Gasteiger partial charge >= 0.3 is 0 Å². The molecule has 0 unspecified atom stereocenters. The summed E-state index contributed by atoms with van der Waals surface area (Å²) >= 11 is 0. The SMILES string of the molecule is c1ccc(-c2nc(-c3ccccc3)nc(-c3cc(-c4ccc(-c5ccccc5)c(-c5ccccc5)c4)cnc3-n3c4ccccc4c4ccc5oc6ccccc6c5c43)n2)cc1. The maximum Gasteiger partial charge on any atom is 0.167 e. The third-order valence-electron chi connectivity index (χ3n) is 11.7. The van der Waals surface area contributed by atoms with Crippen molar-refractivity contribution in [2.45, 2.75) is 0 Å². The van der Waals surface area contributed by atoms with E-state index in [0.29, 0.717) is 23.3 Å². The zero-order valence-corrected chi connectivity index (χ0v) is 33.4. The van der Waals surface area contributed by atoms with Crippen molar-refractivity contribution < 1.29 is 4.42 Å². The Morgan fingerprint density at radius 3 is 1.58 bits per heavy atom. The first-order chi connectivity index (χ1) is 30.7. The zero-order chi connectivity index (χ0) is 41.0. The molecule has 62 heavy (non-hydrogen) atoms. The van der Waals surface area contributed by atoms with Crippen LogP contribution in [0.1, 0.15) is 0 Å². The second-order valence-electron chi connectivity index (χ2n) is 15.4. The quantitative estimate of drug-likeness (QED) is 0.161. The Bertz CT molecular complexity index is 3560. The first kappa shape index (κ1) is 35.5. The van der Waals surface area contributed by atoms with Crippen LogP contribution in [0.4, 0.5) is 0 Å². The summed E-state index contributed by atoms with van der Waals surface area (Å²) in [5, 5.41) is 4.29. The zero-order valence-electron chi connectivity index (χ0n) is 33.4. The molecule has 0 saturated heterocycles. The molecular weight excluding hydrogens is 759 g/mol. The number of para-hydroxylation sites is 2. The van der Waals surface area contributed by atoms with Gasteiger partial charge in [-0.05, 0) is 64.2 Å². The molecule has 0 bridgehead atoms. The third-order valence-corrected chi connectivity index (χ3v) is 11.7. The highest BCUT2D eigenvalue weighted by Crippen LogP contribution is 2.43. The molecule has 0 aliphatic rings. The van der Waals surface area contributed by atoms with Crippen LogP contribution in [0.15, 0.2) is 217 Å². The van der Waals surface area contributed by atoms with Gasteiger partial charge in [-0.1, -0.05) is 170 Å². The molecule has 0 aliphatic carbocycles. The highest BCUT2D eigenvalue weighted by molar-refractivity contribution is 6.24. The summed E-state index contributed by atoms with van der Waals surface area (Å²) < 4.78 is 8.77. The Morgan fingerprint density at radius 1 is 0.355 bits per heavy atom. The van der Waals surface area contributed by atoms with Gasteiger partial charge in [-0.25, -0.2) is 19.9 Å². The van der Waals surface area contributed by atoms with Crippen molar-refractivity contribution >= 4 is 43.7 Å². The van der Waals surface area contributed by atoms with Crippen LogP contribution in [-0.2, 0) is 0 Å². The first-order valence-electron chi connectivity index (χ1n) is 20.7. The van der Waals surface area contributed by atoms with Crippen LogP contribution in [0.5, 0.6) is 0 Å². The van der Waals surface area contributed by atoms with Crippen LogP contribution in [0.3, 0.4) is 0 Å². The fourth-order valence-corrected chi connectivity index (χ4v) is 8.82. The van der Waals surface area contributed by atoms with Crippen molar-refractivity contribution in [3.63, 3.8) is 0 Å². The van der Waals surface area contributed by atoms with Crippen molar-refractivity contribution in [2.75, 3.05) is 0 Å². The lowest BCUT2D eigenvalue weighted by Gasteiger charge is -2.17. The molecule has 0 radical (unpaired) electrons. The van der Waals surface area contributed by atoms with Crippen molar-refractivity contribution in [1.29, 1.82) is 0 Å². The van der Waals surface area contributed by atoms with E-state index in [1.54, 1.807) is 0 Å². The summed E-state index contributed by atoms with van der Waals surface area (Å²) in [7, 11) is 0. The van der Waals surface area contributed by atoms with Crippen LogP contribution < -0.4 is 0 Å². The van der Waals surface area contributed by atoms with E-state index >= 15 is 0 Å². The number of hydrogen-bond acceptors (Lipinski definition) is 5. The monoisotopic (exact) mass is 793 g/mol. The molecule has 12 aromatic rings. The Hall–Kier alpha value is -8.48. The molecule has 6 nitrogen and oxygen atoms in total. The van der Waals surface area contributed by atoms with Gasteiger partial charge in [-0.2, -0.15) is 0 Å². The second kappa shape index (κ2) is 14.7. The van der Waals surface area contributed by atoms with Crippen molar-refractivity contribution in [3.8, 4) is 73.4 Å². The molecule has 290 valence electrons. The fourth-order valence-electron chi connectivity index (χ4n) is 8.82. The number of nitrogens with zero attached hydrogens (tertiary/aromatic N) is 5. The maximum atomic E-state index is 6.49. The summed E-state index contributed by atoms with van der Waals surface area (Å²) in [5.41, 5.74) is 12.8. The average Bonchev–Trinajstić information content (AvgIpc) is 3.90. The van der Waals surface area contributed by atoms with Gasteiger partial charge in [-0.3, -0.25) is 4.57 Å². The van der Waals surface area contributed by atoms with Gasteiger partial charge < -0.3 is 4.42 Å². The lowest BCUT2D eigenvalue weighted by molar-refractivity contribution is 0.669. The standard InChI is InChI=1S/C56H35N5O/c1-5-17-36(18-6-1)42-30-29-40(33-46(42)37-19-7-2-8-20-37)41-34-47(55-59-53(38-21-9-3-10-22-38)58-54(60-55)39-23-11-4-12-24-39)56(57-35-41)61-48-27-15-13-25-43(48)44-31-32-50-51(52(44)61)45-26-14-16-28-49(45)62-50/h1-35H. The minimum Gasteiger partial charge on any atom is -0.456 e. The molecule has 0 spiro atoms. The molecule has 0 N–H and O–H groups in total. The normalized spacial score (nSPS) is 11.5. The fraction of sp³-hybridized carbons (Fsp3) is 0. The molecule has 0 amide bonds. The van der Waals surface area contributed by atoms with Crippen LogP contribution in [0.25, 0.3) is 117 Å². The summed E-state index contributed by atoms with van der Waals surface area (Å²) in [6, 6.07) is 71.2. The summed E-state index contributed by atoms with van der Waals surface area (Å²) in [6.45, 7) is 0. The Morgan fingerprint density at radius 2 is 0.903 bits per heavy atom. The average molecular weight is 794 g/mol. The molecule has 4 aromatic heterocycles. The predicted molar refractivity (Wildman–Crippen MR) is 252 cm³/mol. The van der Waals surface area contributed by atoms with E-state index in [4.69, 9.17) is 24.4 Å². The number of furan rings is 1. The Balaban J connectivity index is 1.17. The molecule has 4 heterocycles. The van der Waals surface area contributed by atoms with Crippen molar-refractivity contribution in [3.05, 3.63) is 212 Å². The molecule has 0 saturated carbocycles. The lowest BCUT2D eigenvalue weighted by atomic mass is 9.91. The van der Waals surface area contributed by atoms with Gasteiger partial charge in [0.15, 0.2) is 17.5 Å². The summed E-state index contributed by atoms with van der Waals surface area (Å²) in [4.78, 5) is 21.1. The van der Waals surface area contributed by atoms with Crippen LogP contribution in [-0.4, -0.2) is 24.5 Å². The molecular formula is C56H35N5O. The van der Waals surface area contributed by atoms with Crippen molar-refractivity contribution in [1.82, 2.24) is 24.5 Å². The maximum absolute atomic E-state index is 6.49. The molecule has 6 heteroatoms. The molecule has 0 fully saturated rings. The third kappa shape index (κ3) is 5.96. The minimum absolute atomic E-state index is 0.515.